The van der Waals surface area contributed by atoms with Crippen molar-refractivity contribution in [2.75, 3.05) is 18.5 Å². The summed E-state index contributed by atoms with van der Waals surface area (Å²) in [5, 5.41) is 11.7. The molecule has 2 N–H and O–H groups in total. The molecule has 0 aliphatic heterocycles. The molecule has 0 spiro atoms. The predicted octanol–water partition coefficient (Wildman–Crippen LogP) is 0.780. The minimum absolute atomic E-state index is 0.147. The van der Waals surface area contributed by atoms with Crippen molar-refractivity contribution >= 4 is 17.5 Å². The number of anilines is 1. The van der Waals surface area contributed by atoms with Gasteiger partial charge in [0.15, 0.2) is 0 Å². The Kier molecular flexibility index (Phi) is 4.85. The van der Waals surface area contributed by atoms with Crippen LogP contribution in [0.15, 0.2) is 24.3 Å². The molecule has 1 aromatic rings. The summed E-state index contributed by atoms with van der Waals surface area (Å²) in [5.41, 5.74) is 0.962. The number of benzene rings is 1. The van der Waals surface area contributed by atoms with E-state index in [-0.39, 0.29) is 18.4 Å². The summed E-state index contributed by atoms with van der Waals surface area (Å²) >= 11 is 0. The largest absolute Gasteiger partial charge is 0.392 e. The Balaban J connectivity index is 2.94. The molecule has 0 aliphatic carbocycles. The number of nitrogens with one attached hydrogen (secondary N) is 1. The Morgan fingerprint density at radius 3 is 2.56 bits per heavy atom. The van der Waals surface area contributed by atoms with Gasteiger partial charge in [-0.1, -0.05) is 12.1 Å². The lowest BCUT2D eigenvalue weighted by molar-refractivity contribution is -0.116. The Morgan fingerprint density at radius 2 is 2.00 bits per heavy atom. The first-order valence-corrected chi connectivity index (χ1v) is 5.73. The predicted molar refractivity (Wildman–Crippen MR) is 69.5 cm³/mol. The van der Waals surface area contributed by atoms with E-state index in [4.69, 9.17) is 5.11 Å². The van der Waals surface area contributed by atoms with Crippen molar-refractivity contribution in [1.29, 1.82) is 0 Å². The van der Waals surface area contributed by atoms with Gasteiger partial charge in [0.1, 0.15) is 0 Å². The number of nitrogens with zero attached hydrogens (tertiary/aromatic N) is 1. The van der Waals surface area contributed by atoms with Crippen molar-refractivity contribution in [3.05, 3.63) is 29.8 Å². The highest BCUT2D eigenvalue weighted by molar-refractivity contribution is 6.04. The third kappa shape index (κ3) is 3.56. The van der Waals surface area contributed by atoms with Crippen LogP contribution in [0.2, 0.25) is 0 Å². The fourth-order valence-corrected chi connectivity index (χ4v) is 1.46. The third-order valence-electron chi connectivity index (χ3n) is 2.54. The number of rotatable bonds is 4. The second-order valence-electron chi connectivity index (χ2n) is 4.15. The van der Waals surface area contributed by atoms with Gasteiger partial charge in [-0.05, 0) is 19.1 Å². The highest BCUT2D eigenvalue weighted by atomic mass is 16.3. The normalized spacial score (nSPS) is 11.8. The van der Waals surface area contributed by atoms with Crippen molar-refractivity contribution in [1.82, 2.24) is 5.32 Å². The summed E-state index contributed by atoms with van der Waals surface area (Å²) < 4.78 is 0. The molecule has 18 heavy (non-hydrogen) atoms. The average Bonchev–Trinajstić information content (AvgIpc) is 2.34. The first-order valence-electron chi connectivity index (χ1n) is 5.73. The van der Waals surface area contributed by atoms with Gasteiger partial charge in [-0.15, -0.1) is 0 Å². The number of para-hydroxylation sites is 1. The Bertz CT molecular complexity index is 444. The molecule has 1 aromatic carbocycles. The lowest BCUT2D eigenvalue weighted by Gasteiger charge is -2.18. The molecule has 1 unspecified atom stereocenters. The molecule has 0 fully saturated rings. The van der Waals surface area contributed by atoms with Gasteiger partial charge in [0, 0.05) is 20.5 Å². The van der Waals surface area contributed by atoms with E-state index < -0.39 is 6.10 Å². The van der Waals surface area contributed by atoms with E-state index in [1.807, 2.05) is 0 Å². The van der Waals surface area contributed by atoms with Crippen LogP contribution in [-0.2, 0) is 4.79 Å². The van der Waals surface area contributed by atoms with Crippen LogP contribution in [0.1, 0.15) is 24.2 Å². The van der Waals surface area contributed by atoms with E-state index in [1.54, 1.807) is 38.2 Å². The molecule has 0 radical (unpaired) electrons. The fourth-order valence-electron chi connectivity index (χ4n) is 1.46. The van der Waals surface area contributed by atoms with Crippen LogP contribution in [0.4, 0.5) is 5.69 Å². The smallest absolute Gasteiger partial charge is 0.253 e. The highest BCUT2D eigenvalue weighted by Gasteiger charge is 2.15. The molecule has 0 saturated carbocycles. The first-order chi connectivity index (χ1) is 8.43. The second-order valence-corrected chi connectivity index (χ2v) is 4.15. The molecule has 0 bridgehead atoms. The molecule has 0 aromatic heterocycles. The maximum absolute atomic E-state index is 11.9. The summed E-state index contributed by atoms with van der Waals surface area (Å²) in [4.78, 5) is 24.7. The minimum Gasteiger partial charge on any atom is -0.392 e. The van der Waals surface area contributed by atoms with E-state index >= 15 is 0 Å². The number of hydrogen-bond donors (Lipinski definition) is 2. The first kappa shape index (κ1) is 14.2. The van der Waals surface area contributed by atoms with E-state index in [2.05, 4.69) is 5.32 Å². The van der Waals surface area contributed by atoms with Crippen molar-refractivity contribution in [3.8, 4) is 0 Å². The van der Waals surface area contributed by atoms with Crippen molar-refractivity contribution in [2.24, 2.45) is 0 Å². The summed E-state index contributed by atoms with van der Waals surface area (Å²) in [7, 11) is 1.61. The van der Waals surface area contributed by atoms with Gasteiger partial charge in [0.25, 0.3) is 5.91 Å². The van der Waals surface area contributed by atoms with Gasteiger partial charge in [-0.3, -0.25) is 9.59 Å². The van der Waals surface area contributed by atoms with Crippen molar-refractivity contribution < 1.29 is 14.7 Å². The van der Waals surface area contributed by atoms with Gasteiger partial charge < -0.3 is 15.3 Å². The summed E-state index contributed by atoms with van der Waals surface area (Å²) in [6.07, 6.45) is -0.605. The van der Waals surface area contributed by atoms with Crippen LogP contribution in [0.3, 0.4) is 0 Å². The molecule has 0 heterocycles. The Hall–Kier alpha value is -1.88. The molecular formula is C13H18N2O3. The number of hydrogen-bond acceptors (Lipinski definition) is 3. The van der Waals surface area contributed by atoms with E-state index in [1.165, 1.54) is 11.8 Å². The number of carbonyl (C=O) groups is 2. The van der Waals surface area contributed by atoms with E-state index in [0.717, 1.165) is 0 Å². The molecular weight excluding hydrogens is 232 g/mol. The number of aliphatic hydroxyl groups is 1. The zero-order valence-electron chi connectivity index (χ0n) is 10.8. The van der Waals surface area contributed by atoms with Gasteiger partial charge in [0.05, 0.1) is 17.4 Å². The van der Waals surface area contributed by atoms with E-state index in [9.17, 15) is 9.59 Å². The van der Waals surface area contributed by atoms with E-state index in [0.29, 0.717) is 11.3 Å². The average molecular weight is 250 g/mol. The monoisotopic (exact) mass is 250 g/mol. The van der Waals surface area contributed by atoms with Crippen LogP contribution >= 0.6 is 0 Å². The van der Waals surface area contributed by atoms with Gasteiger partial charge in [-0.2, -0.15) is 0 Å². The highest BCUT2D eigenvalue weighted by Crippen LogP contribution is 2.19. The topological polar surface area (TPSA) is 69.6 Å². The van der Waals surface area contributed by atoms with Gasteiger partial charge >= 0.3 is 0 Å². The van der Waals surface area contributed by atoms with Crippen LogP contribution in [0.25, 0.3) is 0 Å². The summed E-state index contributed by atoms with van der Waals surface area (Å²) in [6.45, 7) is 3.20. The standard InChI is InChI=1S/C13H18N2O3/c1-9(16)8-14-13(18)11-6-4-5-7-12(11)15(3)10(2)17/h4-7,9,16H,8H2,1-3H3,(H,14,18). The maximum Gasteiger partial charge on any atom is 0.253 e. The zero-order chi connectivity index (χ0) is 13.7. The molecule has 1 rings (SSSR count). The lowest BCUT2D eigenvalue weighted by atomic mass is 10.1. The van der Waals surface area contributed by atoms with Crippen LogP contribution < -0.4 is 10.2 Å². The van der Waals surface area contributed by atoms with Crippen molar-refractivity contribution in [2.45, 2.75) is 20.0 Å². The van der Waals surface area contributed by atoms with Crippen LogP contribution in [0, 0.1) is 0 Å². The van der Waals surface area contributed by atoms with Crippen LogP contribution in [-0.4, -0.2) is 36.6 Å². The van der Waals surface area contributed by atoms with Crippen molar-refractivity contribution in [3.63, 3.8) is 0 Å². The molecule has 5 heteroatoms. The van der Waals surface area contributed by atoms with Gasteiger partial charge in [0.2, 0.25) is 5.91 Å². The third-order valence-corrected chi connectivity index (χ3v) is 2.54. The lowest BCUT2D eigenvalue weighted by Crippen LogP contribution is -2.32. The maximum atomic E-state index is 11.9. The molecule has 0 aliphatic rings. The minimum atomic E-state index is -0.605. The summed E-state index contributed by atoms with van der Waals surface area (Å²) in [6, 6.07) is 6.85. The molecule has 98 valence electrons. The van der Waals surface area contributed by atoms with Crippen LogP contribution in [0.5, 0.6) is 0 Å². The fraction of sp³-hybridized carbons (Fsp3) is 0.385. The number of aliphatic hydroxyl groups excluding tert-OH is 1. The Labute approximate surface area is 106 Å². The Morgan fingerprint density at radius 1 is 1.39 bits per heavy atom. The second kappa shape index (κ2) is 6.16. The molecule has 5 nitrogen and oxygen atoms in total. The van der Waals surface area contributed by atoms with Gasteiger partial charge in [-0.25, -0.2) is 0 Å². The quantitative estimate of drug-likeness (QED) is 0.829. The number of amides is 2. The molecule has 2 amide bonds. The molecule has 1 atom stereocenters. The number of carbonyl (C=O) groups excluding carboxylic acids is 2. The summed E-state index contributed by atoms with van der Waals surface area (Å²) in [5.74, 6) is -0.453. The SMILES string of the molecule is CC(=O)N(C)c1ccccc1C(=O)NCC(C)O. The molecule has 0 saturated heterocycles. The zero-order valence-corrected chi connectivity index (χ0v) is 10.8.